The van der Waals surface area contributed by atoms with E-state index in [-0.39, 0.29) is 0 Å². The second kappa shape index (κ2) is 20.6. The summed E-state index contributed by atoms with van der Waals surface area (Å²) in [5.41, 5.74) is 16.6. The number of benzene rings is 11. The van der Waals surface area contributed by atoms with Gasteiger partial charge in [-0.2, -0.15) is 15.8 Å². The molecule has 0 amide bonds. The summed E-state index contributed by atoms with van der Waals surface area (Å²) in [5, 5.41) is 35.3. The first kappa shape index (κ1) is 49.8. The third-order valence-corrected chi connectivity index (χ3v) is 15.5. The summed E-state index contributed by atoms with van der Waals surface area (Å²) in [4.78, 5) is 23.3. The smallest absolute Gasteiger partial charge is 0.187 e. The van der Waals surface area contributed by atoms with Crippen LogP contribution in [0, 0.1) is 47.1 Å². The minimum Gasteiger partial charge on any atom is -0.308 e. The first-order valence-corrected chi connectivity index (χ1v) is 27.0. The van der Waals surface area contributed by atoms with Gasteiger partial charge in [-0.1, -0.05) is 146 Å². The molecule has 0 bridgehead atoms. The highest BCUT2D eigenvalue weighted by Gasteiger charge is 2.26. The van der Waals surface area contributed by atoms with Crippen LogP contribution in [0.15, 0.2) is 243 Å². The Morgan fingerprint density at radius 3 is 1.06 bits per heavy atom. The second-order valence-corrected chi connectivity index (χ2v) is 20.3. The van der Waals surface area contributed by atoms with Crippen LogP contribution in [0.4, 0.5) is 11.4 Å². The van der Waals surface area contributed by atoms with E-state index in [2.05, 4.69) is 110 Å². The van der Waals surface area contributed by atoms with Gasteiger partial charge in [0.2, 0.25) is 0 Å². The summed E-state index contributed by atoms with van der Waals surface area (Å²) in [5.74, 6) is 1.31. The average Bonchev–Trinajstić information content (AvgIpc) is 3.36. The summed E-state index contributed by atoms with van der Waals surface area (Å²) >= 11 is 0. The Kier molecular flexibility index (Phi) is 12.2. The Morgan fingerprint density at radius 1 is 0.310 bits per heavy atom. The molecule has 0 N–H and O–H groups in total. The monoisotopic (exact) mass is 1070 g/mol. The van der Waals surface area contributed by atoms with Crippen molar-refractivity contribution in [3.63, 3.8) is 0 Å². The standard InChI is InChI=1S/C74H40N10/c1-78-59-23-11-21-52(35-59)56-27-30-67-62(39-56)61-37-54(50-19-9-13-46(33-50)43-75)25-29-66(61)83(67)70-42-65(74-81-72(48-15-5-3-6-16-48)80-73(82-74)49-17-7-4-8-18-49)71(41-58(70)45-77)84-68-31-26-55(51-20-10-14-47(34-51)44-76)38-63(68)64-40-57(28-32-69(64)84)53-22-12-24-60(36-53)79-2/h3-42H. The molecule has 386 valence electrons. The van der Waals surface area contributed by atoms with Crippen LogP contribution in [0.5, 0.6) is 0 Å². The molecule has 3 heterocycles. The van der Waals surface area contributed by atoms with Crippen molar-refractivity contribution in [1.82, 2.24) is 24.1 Å². The SMILES string of the molecule is [C-]#[N+]c1cccc(-c2ccc3c(c2)c2cc(-c4cccc(C#N)c4)ccc2n3-c2cc(-c3nc(-c4ccccc4)nc(-c4ccccc4)n3)c(-n3c4ccc(-c5cccc(C#N)c5)cc4c4cc(-c5cccc([N+]#[C-])c5)ccc43)cc2C#N)c1. The van der Waals surface area contributed by atoms with E-state index in [0.717, 1.165) is 99.2 Å². The highest BCUT2D eigenvalue weighted by atomic mass is 15.1. The van der Waals surface area contributed by atoms with Gasteiger partial charge in [0.1, 0.15) is 6.07 Å². The molecule has 84 heavy (non-hydrogen) atoms. The van der Waals surface area contributed by atoms with Crippen molar-refractivity contribution in [2.75, 3.05) is 0 Å². The number of aromatic nitrogens is 5. The first-order chi connectivity index (χ1) is 41.4. The summed E-state index contributed by atoms with van der Waals surface area (Å²) in [6.07, 6.45) is 0. The van der Waals surface area contributed by atoms with E-state index >= 15 is 0 Å². The van der Waals surface area contributed by atoms with E-state index in [1.807, 2.05) is 146 Å². The molecule has 0 aliphatic rings. The number of hydrogen-bond acceptors (Lipinski definition) is 6. The Hall–Kier alpha value is -12.5. The lowest BCUT2D eigenvalue weighted by atomic mass is 9.99. The van der Waals surface area contributed by atoms with Gasteiger partial charge in [0, 0.05) is 38.2 Å². The summed E-state index contributed by atoms with van der Waals surface area (Å²) in [7, 11) is 0. The van der Waals surface area contributed by atoms with Crippen molar-refractivity contribution in [2.24, 2.45) is 0 Å². The second-order valence-electron chi connectivity index (χ2n) is 20.3. The zero-order valence-corrected chi connectivity index (χ0v) is 44.6. The number of nitriles is 3. The lowest BCUT2D eigenvalue weighted by molar-refractivity contribution is 1.06. The van der Waals surface area contributed by atoms with Gasteiger partial charge in [-0.05, 0) is 142 Å². The van der Waals surface area contributed by atoms with Crippen LogP contribution in [-0.4, -0.2) is 24.1 Å². The van der Waals surface area contributed by atoms with E-state index in [1.165, 1.54) is 0 Å². The molecule has 10 heteroatoms. The molecule has 0 aliphatic heterocycles. The fourth-order valence-electron chi connectivity index (χ4n) is 11.5. The molecule has 0 spiro atoms. The molecular formula is C74H40N10. The highest BCUT2D eigenvalue weighted by Crippen LogP contribution is 2.44. The predicted molar refractivity (Wildman–Crippen MR) is 333 cm³/mol. The molecule has 3 aromatic heterocycles. The Balaban J connectivity index is 1.09. The van der Waals surface area contributed by atoms with E-state index in [4.69, 9.17) is 28.1 Å². The number of nitrogens with zero attached hydrogens (tertiary/aromatic N) is 10. The molecular weight excluding hydrogens is 1030 g/mol. The molecule has 0 saturated heterocycles. The lowest BCUT2D eigenvalue weighted by Gasteiger charge is -2.19. The number of fused-ring (bicyclic) bond motifs is 6. The average molecular weight is 1070 g/mol. The molecule has 14 aromatic rings. The molecule has 0 radical (unpaired) electrons. The van der Waals surface area contributed by atoms with Crippen molar-refractivity contribution < 1.29 is 0 Å². The maximum Gasteiger partial charge on any atom is 0.187 e. The van der Waals surface area contributed by atoms with Gasteiger partial charge in [-0.25, -0.2) is 24.6 Å². The van der Waals surface area contributed by atoms with Gasteiger partial charge in [0.15, 0.2) is 28.8 Å². The summed E-state index contributed by atoms with van der Waals surface area (Å²) < 4.78 is 4.32. The lowest BCUT2D eigenvalue weighted by Crippen LogP contribution is -2.07. The van der Waals surface area contributed by atoms with Gasteiger partial charge in [-0.15, -0.1) is 0 Å². The van der Waals surface area contributed by atoms with Gasteiger partial charge in [-0.3, -0.25) is 0 Å². The van der Waals surface area contributed by atoms with Crippen molar-refractivity contribution >= 4 is 55.0 Å². The van der Waals surface area contributed by atoms with Crippen molar-refractivity contribution in [2.45, 2.75) is 0 Å². The molecule has 11 aromatic carbocycles. The highest BCUT2D eigenvalue weighted by molar-refractivity contribution is 6.14. The Bertz CT molecular complexity index is 4980. The fraction of sp³-hybridized carbons (Fsp3) is 0. The minimum absolute atomic E-state index is 0.373. The molecule has 0 fully saturated rings. The van der Waals surface area contributed by atoms with Crippen molar-refractivity contribution in [1.29, 1.82) is 15.8 Å². The summed E-state index contributed by atoms with van der Waals surface area (Å²) in [6.45, 7) is 15.6. The van der Waals surface area contributed by atoms with E-state index < -0.39 is 0 Å². The molecule has 0 atom stereocenters. The maximum absolute atomic E-state index is 11.7. The van der Waals surface area contributed by atoms with Gasteiger partial charge >= 0.3 is 0 Å². The normalized spacial score (nSPS) is 11.0. The van der Waals surface area contributed by atoms with Gasteiger partial charge in [0.25, 0.3) is 0 Å². The molecule has 14 rings (SSSR count). The van der Waals surface area contributed by atoms with Crippen molar-refractivity contribution in [3.05, 3.63) is 282 Å². The minimum atomic E-state index is 0.373. The van der Waals surface area contributed by atoms with Crippen LogP contribution in [0.3, 0.4) is 0 Å². The van der Waals surface area contributed by atoms with Crippen LogP contribution < -0.4 is 0 Å². The third-order valence-electron chi connectivity index (χ3n) is 15.5. The van der Waals surface area contributed by atoms with Crippen molar-refractivity contribution in [3.8, 4) is 108 Å². The van der Waals surface area contributed by atoms with E-state index in [0.29, 0.717) is 62.5 Å². The Morgan fingerprint density at radius 2 is 0.667 bits per heavy atom. The molecule has 0 aliphatic carbocycles. The first-order valence-electron chi connectivity index (χ1n) is 27.0. The largest absolute Gasteiger partial charge is 0.308 e. The van der Waals surface area contributed by atoms with E-state index in [9.17, 15) is 15.8 Å². The topological polar surface area (TPSA) is 129 Å². The zero-order chi connectivity index (χ0) is 56.8. The third kappa shape index (κ3) is 8.70. The van der Waals surface area contributed by atoms with Crippen LogP contribution in [-0.2, 0) is 0 Å². The maximum atomic E-state index is 11.7. The van der Waals surface area contributed by atoms with Crippen LogP contribution in [0.25, 0.3) is 143 Å². The van der Waals surface area contributed by atoms with Crippen LogP contribution in [0.2, 0.25) is 0 Å². The zero-order valence-electron chi connectivity index (χ0n) is 44.6. The summed E-state index contributed by atoms with van der Waals surface area (Å²) in [6, 6.07) is 86.4. The van der Waals surface area contributed by atoms with Crippen LogP contribution in [0.1, 0.15) is 16.7 Å². The molecule has 0 unspecified atom stereocenters. The Labute approximate surface area is 482 Å². The fourth-order valence-corrected chi connectivity index (χ4v) is 11.5. The molecule has 0 saturated carbocycles. The number of hydrogen-bond donors (Lipinski definition) is 0. The predicted octanol–water partition coefficient (Wildman–Crippen LogP) is 18.5. The van der Waals surface area contributed by atoms with Crippen LogP contribution >= 0.6 is 0 Å². The van der Waals surface area contributed by atoms with Gasteiger partial charge < -0.3 is 9.13 Å². The number of rotatable bonds is 9. The quantitative estimate of drug-likeness (QED) is 0.132. The van der Waals surface area contributed by atoms with Gasteiger partial charge in [0.05, 0.1) is 75.4 Å². The molecule has 10 nitrogen and oxygen atoms in total. The van der Waals surface area contributed by atoms with E-state index in [1.54, 1.807) is 24.3 Å².